The molecule has 0 spiro atoms. The lowest BCUT2D eigenvalue weighted by atomic mass is 9.91. The molecule has 9 aromatic carbocycles. The van der Waals surface area contributed by atoms with Crippen molar-refractivity contribution in [2.45, 2.75) is 0 Å². The fraction of sp³-hybridized carbons (Fsp3) is 0. The van der Waals surface area contributed by atoms with Crippen LogP contribution in [0.15, 0.2) is 218 Å². The largest absolute Gasteiger partial charge is 0.309 e. The molecule has 2 heterocycles. The van der Waals surface area contributed by atoms with Gasteiger partial charge in [0.05, 0.1) is 22.1 Å². The van der Waals surface area contributed by atoms with Gasteiger partial charge >= 0.3 is 0 Å². The summed E-state index contributed by atoms with van der Waals surface area (Å²) < 4.78 is 4.86. The van der Waals surface area contributed by atoms with E-state index in [1.807, 2.05) is 0 Å². The molecule has 11 aromatic rings. The van der Waals surface area contributed by atoms with Crippen molar-refractivity contribution in [1.82, 2.24) is 9.13 Å². The zero-order chi connectivity index (χ0) is 37.0. The maximum atomic E-state index is 2.45. The summed E-state index contributed by atoms with van der Waals surface area (Å²) >= 11 is 0. The third-order valence-corrected chi connectivity index (χ3v) is 11.3. The minimum Gasteiger partial charge on any atom is -0.309 e. The van der Waals surface area contributed by atoms with Crippen molar-refractivity contribution in [3.8, 4) is 55.9 Å². The van der Waals surface area contributed by atoms with Crippen LogP contribution < -0.4 is 0 Å². The van der Waals surface area contributed by atoms with Gasteiger partial charge in [-0.1, -0.05) is 146 Å². The second kappa shape index (κ2) is 13.2. The van der Waals surface area contributed by atoms with Crippen LogP contribution in [-0.4, -0.2) is 9.13 Å². The van der Waals surface area contributed by atoms with Crippen molar-refractivity contribution in [1.29, 1.82) is 0 Å². The van der Waals surface area contributed by atoms with Crippen molar-refractivity contribution in [3.05, 3.63) is 218 Å². The van der Waals surface area contributed by atoms with Gasteiger partial charge in [0, 0.05) is 32.9 Å². The highest BCUT2D eigenvalue weighted by Crippen LogP contribution is 2.40. The molecule has 0 radical (unpaired) electrons. The number of nitrogens with zero attached hydrogens (tertiary/aromatic N) is 2. The smallest absolute Gasteiger partial charge is 0.0542 e. The van der Waals surface area contributed by atoms with Crippen molar-refractivity contribution >= 4 is 43.6 Å². The SMILES string of the molecule is c1ccc(-c2cc(-c3ccccc3)cc(-c3cc(-c4ccccc4)cc(-n4c5ccccc5c5cc(-n6c7ccccc7c7ccccc76)ccc54)c3)c2)cc1. The Balaban J connectivity index is 1.16. The molecule has 56 heavy (non-hydrogen) atoms. The molecular formula is C54H36N2. The Morgan fingerprint density at radius 1 is 0.196 bits per heavy atom. The molecule has 0 saturated carbocycles. The van der Waals surface area contributed by atoms with Gasteiger partial charge in [-0.3, -0.25) is 0 Å². The summed E-state index contributed by atoms with van der Waals surface area (Å²) in [4.78, 5) is 0. The van der Waals surface area contributed by atoms with Crippen LogP contribution in [0.25, 0.3) is 99.5 Å². The Kier molecular flexibility index (Phi) is 7.53. The fourth-order valence-electron chi connectivity index (χ4n) is 8.67. The number of rotatable bonds is 6. The van der Waals surface area contributed by atoms with E-state index in [-0.39, 0.29) is 0 Å². The third-order valence-electron chi connectivity index (χ3n) is 11.3. The Morgan fingerprint density at radius 3 is 0.982 bits per heavy atom. The average molecular weight is 713 g/mol. The van der Waals surface area contributed by atoms with Gasteiger partial charge in [-0.15, -0.1) is 0 Å². The quantitative estimate of drug-likeness (QED) is 0.162. The summed E-state index contributed by atoms with van der Waals surface area (Å²) in [6.45, 7) is 0. The van der Waals surface area contributed by atoms with Gasteiger partial charge in [0.2, 0.25) is 0 Å². The summed E-state index contributed by atoms with van der Waals surface area (Å²) in [6, 6.07) is 79.6. The van der Waals surface area contributed by atoms with Gasteiger partial charge < -0.3 is 9.13 Å². The summed E-state index contributed by atoms with van der Waals surface area (Å²) in [6.07, 6.45) is 0. The highest BCUT2D eigenvalue weighted by atomic mass is 15.0. The van der Waals surface area contributed by atoms with Crippen LogP contribution in [-0.2, 0) is 0 Å². The molecule has 0 unspecified atom stereocenters. The lowest BCUT2D eigenvalue weighted by Gasteiger charge is -2.16. The molecule has 262 valence electrons. The first-order chi connectivity index (χ1) is 27.8. The standard InChI is InChI=1S/C54H36N2/c1-4-16-37(17-5-1)40-30-41(38-18-6-2-7-19-38)32-42(31-40)44-33-43(39-20-8-3-9-21-39)34-46(35-44)56-53-27-15-12-24-49(53)50-36-45(28-29-54(50)56)55-51-25-13-10-22-47(51)48-23-11-14-26-52(48)55/h1-36H. The molecule has 0 fully saturated rings. The van der Waals surface area contributed by atoms with E-state index in [1.165, 1.54) is 88.1 Å². The molecule has 0 atom stereocenters. The highest BCUT2D eigenvalue weighted by Gasteiger charge is 2.18. The Bertz CT molecular complexity index is 3110. The van der Waals surface area contributed by atoms with E-state index in [0.29, 0.717) is 0 Å². The van der Waals surface area contributed by atoms with Gasteiger partial charge in [0.25, 0.3) is 0 Å². The molecule has 0 bridgehead atoms. The Morgan fingerprint density at radius 2 is 0.518 bits per heavy atom. The lowest BCUT2D eigenvalue weighted by molar-refractivity contribution is 1.17. The van der Waals surface area contributed by atoms with Gasteiger partial charge in [-0.05, 0) is 117 Å². The van der Waals surface area contributed by atoms with E-state index in [2.05, 4.69) is 228 Å². The fourth-order valence-corrected chi connectivity index (χ4v) is 8.67. The lowest BCUT2D eigenvalue weighted by Crippen LogP contribution is -1.97. The number of para-hydroxylation sites is 3. The second-order valence-electron chi connectivity index (χ2n) is 14.6. The Labute approximate surface area is 325 Å². The zero-order valence-electron chi connectivity index (χ0n) is 30.7. The van der Waals surface area contributed by atoms with E-state index in [1.54, 1.807) is 0 Å². The van der Waals surface area contributed by atoms with Crippen LogP contribution in [0, 0.1) is 0 Å². The van der Waals surface area contributed by atoms with Gasteiger partial charge in [-0.2, -0.15) is 0 Å². The third kappa shape index (κ3) is 5.34. The van der Waals surface area contributed by atoms with Crippen molar-refractivity contribution < 1.29 is 0 Å². The number of hydrogen-bond acceptors (Lipinski definition) is 0. The first kappa shape index (κ1) is 32.0. The maximum absolute atomic E-state index is 2.45. The van der Waals surface area contributed by atoms with E-state index in [4.69, 9.17) is 0 Å². The second-order valence-corrected chi connectivity index (χ2v) is 14.6. The predicted octanol–water partition coefficient (Wildman–Crippen LogP) is 14.5. The van der Waals surface area contributed by atoms with Crippen molar-refractivity contribution in [2.75, 3.05) is 0 Å². The summed E-state index contributed by atoms with van der Waals surface area (Å²) in [7, 11) is 0. The van der Waals surface area contributed by atoms with Crippen LogP contribution in [0.2, 0.25) is 0 Å². The zero-order valence-corrected chi connectivity index (χ0v) is 30.7. The predicted molar refractivity (Wildman–Crippen MR) is 237 cm³/mol. The molecule has 0 aliphatic carbocycles. The van der Waals surface area contributed by atoms with Gasteiger partial charge in [-0.25, -0.2) is 0 Å². The average Bonchev–Trinajstić information content (AvgIpc) is 3.80. The minimum atomic E-state index is 1.13. The van der Waals surface area contributed by atoms with E-state index >= 15 is 0 Å². The molecule has 2 heteroatoms. The van der Waals surface area contributed by atoms with E-state index in [9.17, 15) is 0 Å². The Hall–Kier alpha value is -7.42. The molecule has 0 saturated heterocycles. The number of aromatic nitrogens is 2. The molecule has 2 nitrogen and oxygen atoms in total. The number of benzene rings is 9. The van der Waals surface area contributed by atoms with Crippen molar-refractivity contribution in [2.24, 2.45) is 0 Å². The molecule has 0 aliphatic rings. The van der Waals surface area contributed by atoms with Crippen molar-refractivity contribution in [3.63, 3.8) is 0 Å². The molecule has 2 aromatic heterocycles. The summed E-state index contributed by atoms with van der Waals surface area (Å²) in [5.74, 6) is 0. The van der Waals surface area contributed by atoms with Gasteiger partial charge in [0.15, 0.2) is 0 Å². The summed E-state index contributed by atoms with van der Waals surface area (Å²) in [5, 5.41) is 4.99. The maximum Gasteiger partial charge on any atom is 0.0542 e. The van der Waals surface area contributed by atoms with E-state index in [0.717, 1.165) is 11.4 Å². The highest BCUT2D eigenvalue weighted by molar-refractivity contribution is 6.12. The first-order valence-electron chi connectivity index (χ1n) is 19.3. The normalized spacial score (nSPS) is 11.6. The minimum absolute atomic E-state index is 1.13. The molecule has 11 rings (SSSR count). The van der Waals surface area contributed by atoms with Crippen LogP contribution in [0.5, 0.6) is 0 Å². The van der Waals surface area contributed by atoms with Crippen LogP contribution in [0.1, 0.15) is 0 Å². The van der Waals surface area contributed by atoms with Crippen LogP contribution >= 0.6 is 0 Å². The first-order valence-corrected chi connectivity index (χ1v) is 19.3. The van der Waals surface area contributed by atoms with E-state index < -0.39 is 0 Å². The van der Waals surface area contributed by atoms with Crippen LogP contribution in [0.4, 0.5) is 0 Å². The topological polar surface area (TPSA) is 9.86 Å². The molecule has 0 amide bonds. The van der Waals surface area contributed by atoms with Crippen LogP contribution in [0.3, 0.4) is 0 Å². The molecular weight excluding hydrogens is 677 g/mol. The molecule has 0 N–H and O–H groups in total. The monoisotopic (exact) mass is 712 g/mol. The number of fused-ring (bicyclic) bond motifs is 6. The number of hydrogen-bond donors (Lipinski definition) is 0. The van der Waals surface area contributed by atoms with Gasteiger partial charge in [0.1, 0.15) is 0 Å². The summed E-state index contributed by atoms with van der Waals surface area (Å²) in [5.41, 5.74) is 16.6. The molecule has 0 aliphatic heterocycles.